The lowest BCUT2D eigenvalue weighted by molar-refractivity contribution is 0.198. The number of guanidine groups is 1. The minimum absolute atomic E-state index is 0. The van der Waals surface area contributed by atoms with Crippen molar-refractivity contribution >= 4 is 29.9 Å². The van der Waals surface area contributed by atoms with E-state index in [-0.39, 0.29) is 24.0 Å². The van der Waals surface area contributed by atoms with Crippen LogP contribution >= 0.6 is 24.0 Å². The van der Waals surface area contributed by atoms with Crippen LogP contribution in [-0.4, -0.2) is 65.1 Å². The van der Waals surface area contributed by atoms with E-state index in [9.17, 15) is 0 Å². The lowest BCUT2D eigenvalue weighted by Gasteiger charge is -2.29. The molecular weight excluding hydrogens is 487 g/mol. The topological polar surface area (TPSA) is 48.7 Å². The Morgan fingerprint density at radius 3 is 2.70 bits per heavy atom. The third kappa shape index (κ3) is 6.20. The van der Waals surface area contributed by atoms with Crippen molar-refractivity contribution in [1.29, 1.82) is 0 Å². The van der Waals surface area contributed by atoms with Crippen molar-refractivity contribution in [1.82, 2.24) is 24.7 Å². The molecule has 3 heterocycles. The van der Waals surface area contributed by atoms with Crippen LogP contribution < -0.4 is 5.32 Å². The van der Waals surface area contributed by atoms with E-state index in [0.29, 0.717) is 6.54 Å². The van der Waals surface area contributed by atoms with Gasteiger partial charge in [0.15, 0.2) is 5.96 Å². The smallest absolute Gasteiger partial charge is 0.194 e. The van der Waals surface area contributed by atoms with Crippen molar-refractivity contribution in [2.24, 2.45) is 10.9 Å². The number of aromatic nitrogens is 2. The Morgan fingerprint density at radius 1 is 1.13 bits per heavy atom. The molecule has 0 aliphatic carbocycles. The number of nitrogens with zero attached hydrogens (tertiary/aromatic N) is 5. The van der Waals surface area contributed by atoms with Crippen LogP contribution in [0.25, 0.3) is 0 Å². The molecule has 2 aliphatic heterocycles. The van der Waals surface area contributed by atoms with Gasteiger partial charge >= 0.3 is 0 Å². The van der Waals surface area contributed by atoms with Crippen LogP contribution in [0, 0.1) is 5.92 Å². The highest BCUT2D eigenvalue weighted by Crippen LogP contribution is 2.20. The van der Waals surface area contributed by atoms with E-state index in [4.69, 9.17) is 0 Å². The molecule has 7 heteroatoms. The van der Waals surface area contributed by atoms with Gasteiger partial charge in [0, 0.05) is 45.6 Å². The van der Waals surface area contributed by atoms with Gasteiger partial charge in [-0.1, -0.05) is 36.8 Å². The van der Waals surface area contributed by atoms with Crippen molar-refractivity contribution in [3.8, 4) is 0 Å². The summed E-state index contributed by atoms with van der Waals surface area (Å²) in [7, 11) is 1.89. The molecule has 1 atom stereocenters. The Hall–Kier alpha value is -1.61. The number of benzene rings is 1. The summed E-state index contributed by atoms with van der Waals surface area (Å²) in [6.45, 7) is 7.55. The molecule has 4 rings (SSSR count). The second-order valence-electron chi connectivity index (χ2n) is 8.32. The van der Waals surface area contributed by atoms with Crippen molar-refractivity contribution in [3.63, 3.8) is 0 Å². The molecule has 1 unspecified atom stereocenters. The fraction of sp³-hybridized carbons (Fsp3) is 0.565. The summed E-state index contributed by atoms with van der Waals surface area (Å²) in [5.41, 5.74) is 1.29. The van der Waals surface area contributed by atoms with Crippen LogP contribution in [0.15, 0.2) is 47.7 Å². The molecular formula is C23H35IN6. The van der Waals surface area contributed by atoms with E-state index in [2.05, 4.69) is 66.2 Å². The van der Waals surface area contributed by atoms with E-state index < -0.39 is 0 Å². The summed E-state index contributed by atoms with van der Waals surface area (Å²) in [5.74, 6) is 2.80. The molecule has 0 radical (unpaired) electrons. The molecule has 0 spiro atoms. The molecule has 0 bridgehead atoms. The minimum atomic E-state index is 0. The third-order valence-electron chi connectivity index (χ3n) is 6.16. The highest BCUT2D eigenvalue weighted by molar-refractivity contribution is 14.0. The van der Waals surface area contributed by atoms with E-state index >= 15 is 0 Å². The van der Waals surface area contributed by atoms with E-state index in [1.165, 1.54) is 50.9 Å². The predicted molar refractivity (Wildman–Crippen MR) is 133 cm³/mol. The lowest BCUT2D eigenvalue weighted by Crippen LogP contribution is -2.41. The van der Waals surface area contributed by atoms with Crippen LogP contribution in [0.4, 0.5) is 0 Å². The predicted octanol–water partition coefficient (Wildman–Crippen LogP) is 3.43. The molecule has 1 N–H and O–H groups in total. The highest BCUT2D eigenvalue weighted by Gasteiger charge is 2.27. The van der Waals surface area contributed by atoms with Gasteiger partial charge in [0.05, 0.1) is 6.54 Å². The Bertz CT molecular complexity index is 784. The van der Waals surface area contributed by atoms with Crippen LogP contribution in [-0.2, 0) is 13.1 Å². The molecule has 2 saturated heterocycles. The van der Waals surface area contributed by atoms with Gasteiger partial charge in [-0.25, -0.2) is 4.98 Å². The molecule has 1 aromatic heterocycles. The molecule has 2 aliphatic rings. The molecule has 0 saturated carbocycles. The quantitative estimate of drug-likeness (QED) is 0.359. The zero-order chi connectivity index (χ0) is 19.9. The molecule has 2 fully saturated rings. The number of nitrogens with one attached hydrogen (secondary N) is 1. The van der Waals surface area contributed by atoms with Gasteiger partial charge in [-0.2, -0.15) is 0 Å². The molecule has 6 nitrogen and oxygen atoms in total. The zero-order valence-corrected chi connectivity index (χ0v) is 20.4. The molecule has 1 aromatic carbocycles. The normalized spacial score (nSPS) is 20.2. The fourth-order valence-corrected chi connectivity index (χ4v) is 4.60. The maximum Gasteiger partial charge on any atom is 0.194 e. The Kier molecular flexibility index (Phi) is 8.99. The first-order valence-corrected chi connectivity index (χ1v) is 11.0. The Morgan fingerprint density at radius 2 is 1.93 bits per heavy atom. The monoisotopic (exact) mass is 522 g/mol. The second-order valence-corrected chi connectivity index (χ2v) is 8.32. The molecule has 164 valence electrons. The van der Waals surface area contributed by atoms with E-state index in [0.717, 1.165) is 37.3 Å². The van der Waals surface area contributed by atoms with Gasteiger partial charge in [-0.05, 0) is 43.8 Å². The van der Waals surface area contributed by atoms with Crippen LogP contribution in [0.5, 0.6) is 0 Å². The SMILES string of the molecule is CN=C(NCc1nccn1Cc1ccccc1)N1CCC(CN2CCCCC2)C1.I. The standard InChI is InChI=1S/C23H34N6.HI/c1-24-23(29-14-10-21(19-29)17-27-12-6-3-7-13-27)26-16-22-25-11-15-28(22)18-20-8-4-2-5-9-20;/h2,4-5,8-9,11,15,21H,3,6-7,10,12-14,16-19H2,1H3,(H,24,26);1H. The average Bonchev–Trinajstić information content (AvgIpc) is 3.40. The largest absolute Gasteiger partial charge is 0.349 e. The summed E-state index contributed by atoms with van der Waals surface area (Å²) in [6.07, 6.45) is 9.35. The summed E-state index contributed by atoms with van der Waals surface area (Å²) in [6, 6.07) is 10.5. The number of halogens is 1. The summed E-state index contributed by atoms with van der Waals surface area (Å²) >= 11 is 0. The molecule has 2 aromatic rings. The summed E-state index contributed by atoms with van der Waals surface area (Å²) in [4.78, 5) is 14.2. The molecule has 0 amide bonds. The number of likely N-dealkylation sites (tertiary alicyclic amines) is 2. The van der Waals surface area contributed by atoms with E-state index in [1.54, 1.807) is 0 Å². The number of piperidine rings is 1. The van der Waals surface area contributed by atoms with Gasteiger partial charge in [-0.3, -0.25) is 4.99 Å². The Balaban J connectivity index is 0.00000256. The maximum absolute atomic E-state index is 4.56. The van der Waals surface area contributed by atoms with E-state index in [1.807, 2.05) is 13.2 Å². The first kappa shape index (κ1) is 23.1. The minimum Gasteiger partial charge on any atom is -0.349 e. The van der Waals surface area contributed by atoms with Crippen LogP contribution in [0.1, 0.15) is 37.1 Å². The number of hydrogen-bond donors (Lipinski definition) is 1. The first-order chi connectivity index (χ1) is 14.3. The highest BCUT2D eigenvalue weighted by atomic mass is 127. The van der Waals surface area contributed by atoms with Crippen molar-refractivity contribution in [3.05, 3.63) is 54.1 Å². The number of rotatable bonds is 6. The van der Waals surface area contributed by atoms with Crippen molar-refractivity contribution < 1.29 is 0 Å². The third-order valence-corrected chi connectivity index (χ3v) is 6.16. The van der Waals surface area contributed by atoms with Gasteiger partial charge in [0.1, 0.15) is 5.82 Å². The number of aliphatic imine (C=N–C) groups is 1. The lowest BCUT2D eigenvalue weighted by atomic mass is 10.1. The number of imidazole rings is 1. The summed E-state index contributed by atoms with van der Waals surface area (Å²) in [5, 5.41) is 3.54. The maximum atomic E-state index is 4.56. The zero-order valence-electron chi connectivity index (χ0n) is 18.0. The van der Waals surface area contributed by atoms with Crippen molar-refractivity contribution in [2.75, 3.05) is 39.8 Å². The first-order valence-electron chi connectivity index (χ1n) is 11.0. The van der Waals surface area contributed by atoms with Gasteiger partial charge in [-0.15, -0.1) is 24.0 Å². The summed E-state index contributed by atoms with van der Waals surface area (Å²) < 4.78 is 2.21. The Labute approximate surface area is 197 Å². The van der Waals surface area contributed by atoms with Gasteiger partial charge in [0.25, 0.3) is 0 Å². The van der Waals surface area contributed by atoms with Crippen LogP contribution in [0.2, 0.25) is 0 Å². The fourth-order valence-electron chi connectivity index (χ4n) is 4.60. The van der Waals surface area contributed by atoms with Gasteiger partial charge in [0.2, 0.25) is 0 Å². The number of hydrogen-bond acceptors (Lipinski definition) is 3. The second kappa shape index (κ2) is 11.7. The average molecular weight is 522 g/mol. The van der Waals surface area contributed by atoms with Gasteiger partial charge < -0.3 is 19.7 Å². The molecule has 30 heavy (non-hydrogen) atoms. The van der Waals surface area contributed by atoms with Crippen molar-refractivity contribution in [2.45, 2.75) is 38.8 Å². The van der Waals surface area contributed by atoms with Crippen LogP contribution in [0.3, 0.4) is 0 Å².